The molecule has 1 N–H and O–H groups in total. The lowest BCUT2D eigenvalue weighted by Gasteiger charge is -2.25. The van der Waals surface area contributed by atoms with E-state index in [2.05, 4.69) is 18.0 Å². The molecule has 1 aliphatic carbocycles. The van der Waals surface area contributed by atoms with Gasteiger partial charge in [-0.1, -0.05) is 25.1 Å². The van der Waals surface area contributed by atoms with E-state index in [1.54, 1.807) is 0 Å². The van der Waals surface area contributed by atoms with Crippen molar-refractivity contribution in [3.05, 3.63) is 41.6 Å². The number of hydrogen-bond donors (Lipinski definition) is 1. The van der Waals surface area contributed by atoms with Gasteiger partial charge in [0.2, 0.25) is 0 Å². The van der Waals surface area contributed by atoms with E-state index in [0.29, 0.717) is 12.3 Å². The van der Waals surface area contributed by atoms with Gasteiger partial charge < -0.3 is 5.11 Å². The molecule has 0 spiro atoms. The van der Waals surface area contributed by atoms with E-state index in [1.807, 2.05) is 31.2 Å². The van der Waals surface area contributed by atoms with Crippen LogP contribution in [-0.4, -0.2) is 16.1 Å². The molecule has 0 radical (unpaired) electrons. The van der Waals surface area contributed by atoms with Crippen molar-refractivity contribution in [3.8, 4) is 0 Å². The molecule has 1 fully saturated rings. The molecule has 0 aliphatic heterocycles. The Hall–Kier alpha value is -1.90. The van der Waals surface area contributed by atoms with Crippen LogP contribution in [0, 0.1) is 18.3 Å². The summed E-state index contributed by atoms with van der Waals surface area (Å²) in [6, 6.07) is 10.1. The van der Waals surface area contributed by atoms with E-state index >= 15 is 0 Å². The van der Waals surface area contributed by atoms with Crippen LogP contribution in [0.15, 0.2) is 30.3 Å². The first-order valence-electron chi connectivity index (χ1n) is 7.59. The van der Waals surface area contributed by atoms with Crippen LogP contribution in [0.4, 0.5) is 0 Å². The van der Waals surface area contributed by atoms with Gasteiger partial charge in [-0.3, -0.25) is 9.78 Å². The predicted molar refractivity (Wildman–Crippen MR) is 83.3 cm³/mol. The topological polar surface area (TPSA) is 50.2 Å². The number of benzene rings is 1. The molecule has 3 nitrogen and oxygen atoms in total. The lowest BCUT2D eigenvalue weighted by molar-refractivity contribution is -0.148. The summed E-state index contributed by atoms with van der Waals surface area (Å²) in [5, 5.41) is 10.9. The molecule has 110 valence electrons. The lowest BCUT2D eigenvalue weighted by Crippen LogP contribution is -2.30. The summed E-state index contributed by atoms with van der Waals surface area (Å²) in [6.45, 7) is 4.13. The molecule has 0 saturated heterocycles. The van der Waals surface area contributed by atoms with Gasteiger partial charge in [0.15, 0.2) is 0 Å². The van der Waals surface area contributed by atoms with E-state index in [0.717, 1.165) is 41.4 Å². The normalized spacial score (nSPS) is 25.3. The van der Waals surface area contributed by atoms with Gasteiger partial charge >= 0.3 is 5.97 Å². The maximum absolute atomic E-state index is 11.9. The maximum Gasteiger partial charge on any atom is 0.309 e. The summed E-state index contributed by atoms with van der Waals surface area (Å²) in [7, 11) is 0. The quantitative estimate of drug-likeness (QED) is 0.927. The SMILES string of the molecule is Cc1cc(CC2(C(=O)O)CCC(C)C2)c2ccccc2n1. The van der Waals surface area contributed by atoms with Crippen molar-refractivity contribution in [2.75, 3.05) is 0 Å². The minimum Gasteiger partial charge on any atom is -0.481 e. The Bertz CT molecular complexity index is 695. The first-order valence-corrected chi connectivity index (χ1v) is 7.59. The molecule has 1 aromatic carbocycles. The second-order valence-electron chi connectivity index (χ2n) is 6.55. The Morgan fingerprint density at radius 3 is 2.86 bits per heavy atom. The summed E-state index contributed by atoms with van der Waals surface area (Å²) in [4.78, 5) is 16.4. The molecule has 2 aromatic rings. The summed E-state index contributed by atoms with van der Waals surface area (Å²) >= 11 is 0. The van der Waals surface area contributed by atoms with Gasteiger partial charge in [0.25, 0.3) is 0 Å². The Kier molecular flexibility index (Phi) is 3.44. The first-order chi connectivity index (χ1) is 10.00. The zero-order valence-corrected chi connectivity index (χ0v) is 12.6. The van der Waals surface area contributed by atoms with Gasteiger partial charge in [0, 0.05) is 11.1 Å². The Morgan fingerprint density at radius 2 is 2.19 bits per heavy atom. The predicted octanol–water partition coefficient (Wildman–Crippen LogP) is 3.98. The number of pyridine rings is 1. The summed E-state index contributed by atoms with van der Waals surface area (Å²) in [5.74, 6) is -0.152. The average molecular weight is 283 g/mol. The highest BCUT2D eigenvalue weighted by molar-refractivity contribution is 5.84. The number of aromatic nitrogens is 1. The van der Waals surface area contributed by atoms with Crippen LogP contribution >= 0.6 is 0 Å². The van der Waals surface area contributed by atoms with Gasteiger partial charge in [-0.25, -0.2) is 0 Å². The Morgan fingerprint density at radius 1 is 1.43 bits per heavy atom. The molecule has 1 aromatic heterocycles. The highest BCUT2D eigenvalue weighted by Crippen LogP contribution is 2.45. The molecule has 1 saturated carbocycles. The third-order valence-corrected chi connectivity index (χ3v) is 4.77. The van der Waals surface area contributed by atoms with Gasteiger partial charge in [-0.05, 0) is 56.2 Å². The number of aryl methyl sites for hydroxylation is 1. The second-order valence-corrected chi connectivity index (χ2v) is 6.55. The average Bonchev–Trinajstić information content (AvgIpc) is 2.81. The molecule has 1 aliphatic rings. The number of nitrogens with zero attached hydrogens (tertiary/aromatic N) is 1. The van der Waals surface area contributed by atoms with Crippen molar-refractivity contribution in [1.82, 2.24) is 4.98 Å². The lowest BCUT2D eigenvalue weighted by atomic mass is 9.78. The molecule has 0 amide bonds. The number of para-hydroxylation sites is 1. The van der Waals surface area contributed by atoms with E-state index < -0.39 is 11.4 Å². The van der Waals surface area contributed by atoms with Gasteiger partial charge in [-0.15, -0.1) is 0 Å². The van der Waals surface area contributed by atoms with Crippen LogP contribution in [0.3, 0.4) is 0 Å². The molecular formula is C18H21NO2. The molecule has 3 rings (SSSR count). The van der Waals surface area contributed by atoms with Crippen molar-refractivity contribution >= 4 is 16.9 Å². The Balaban J connectivity index is 2.06. The van der Waals surface area contributed by atoms with Crippen molar-refractivity contribution in [3.63, 3.8) is 0 Å². The van der Waals surface area contributed by atoms with Crippen LogP contribution in [0.25, 0.3) is 10.9 Å². The Labute approximate surface area is 125 Å². The number of carboxylic acid groups (broad SMARTS) is 1. The van der Waals surface area contributed by atoms with Gasteiger partial charge in [-0.2, -0.15) is 0 Å². The van der Waals surface area contributed by atoms with Crippen LogP contribution in [0.5, 0.6) is 0 Å². The fourth-order valence-corrected chi connectivity index (χ4v) is 3.73. The number of carboxylic acids is 1. The fraction of sp³-hybridized carbons (Fsp3) is 0.444. The summed E-state index contributed by atoms with van der Waals surface area (Å²) < 4.78 is 0. The first kappa shape index (κ1) is 14.1. The molecule has 3 heteroatoms. The van der Waals surface area contributed by atoms with Gasteiger partial charge in [0.1, 0.15) is 0 Å². The zero-order valence-electron chi connectivity index (χ0n) is 12.6. The number of rotatable bonds is 3. The minimum absolute atomic E-state index is 0.496. The fourth-order valence-electron chi connectivity index (χ4n) is 3.73. The third kappa shape index (κ3) is 2.53. The maximum atomic E-state index is 11.9. The van der Waals surface area contributed by atoms with E-state index in [9.17, 15) is 9.90 Å². The number of aliphatic carboxylic acids is 1. The van der Waals surface area contributed by atoms with E-state index in [-0.39, 0.29) is 0 Å². The van der Waals surface area contributed by atoms with Crippen molar-refractivity contribution in [2.45, 2.75) is 39.5 Å². The number of carbonyl (C=O) groups is 1. The third-order valence-electron chi connectivity index (χ3n) is 4.77. The van der Waals surface area contributed by atoms with E-state index in [4.69, 9.17) is 0 Å². The highest BCUT2D eigenvalue weighted by Gasteiger charge is 2.44. The van der Waals surface area contributed by atoms with E-state index in [1.165, 1.54) is 0 Å². The smallest absolute Gasteiger partial charge is 0.309 e. The van der Waals surface area contributed by atoms with Crippen LogP contribution in [0.2, 0.25) is 0 Å². The van der Waals surface area contributed by atoms with Crippen LogP contribution in [-0.2, 0) is 11.2 Å². The molecular weight excluding hydrogens is 262 g/mol. The van der Waals surface area contributed by atoms with Crippen molar-refractivity contribution < 1.29 is 9.90 Å². The van der Waals surface area contributed by atoms with Crippen molar-refractivity contribution in [1.29, 1.82) is 0 Å². The monoisotopic (exact) mass is 283 g/mol. The largest absolute Gasteiger partial charge is 0.481 e. The zero-order chi connectivity index (χ0) is 15.0. The molecule has 0 bridgehead atoms. The van der Waals surface area contributed by atoms with Crippen molar-refractivity contribution in [2.24, 2.45) is 11.3 Å². The van der Waals surface area contributed by atoms with Crippen LogP contribution in [0.1, 0.15) is 37.4 Å². The van der Waals surface area contributed by atoms with Crippen LogP contribution < -0.4 is 0 Å². The standard InChI is InChI=1S/C18H21NO2/c1-12-7-8-18(10-12,17(20)21)11-14-9-13(2)19-16-6-4-3-5-15(14)16/h3-6,9,12H,7-8,10-11H2,1-2H3,(H,20,21). The van der Waals surface area contributed by atoms with Gasteiger partial charge in [0.05, 0.1) is 10.9 Å². The minimum atomic E-state index is -0.648. The molecule has 1 heterocycles. The molecule has 21 heavy (non-hydrogen) atoms. The highest BCUT2D eigenvalue weighted by atomic mass is 16.4. The number of fused-ring (bicyclic) bond motifs is 1. The summed E-state index contributed by atoms with van der Waals surface area (Å²) in [6.07, 6.45) is 3.17. The second kappa shape index (κ2) is 5.14. The molecule has 2 atom stereocenters. The summed E-state index contributed by atoms with van der Waals surface area (Å²) in [5.41, 5.74) is 2.43. The number of hydrogen-bond acceptors (Lipinski definition) is 2. The molecule has 2 unspecified atom stereocenters.